The number of urea groups is 1. The van der Waals surface area contributed by atoms with Crippen LogP contribution in [0.25, 0.3) is 0 Å². The van der Waals surface area contributed by atoms with Crippen molar-refractivity contribution in [2.45, 2.75) is 55.3 Å². The zero-order valence-corrected chi connectivity index (χ0v) is 40.4. The van der Waals surface area contributed by atoms with E-state index in [1.807, 2.05) is 134 Å². The number of carbonyl (C=O) groups excluding carboxylic acids is 4. The predicted octanol–water partition coefficient (Wildman–Crippen LogP) is 8.86. The molecule has 12 nitrogen and oxygen atoms in total. The Labute approximate surface area is 424 Å². The predicted molar refractivity (Wildman–Crippen MR) is 277 cm³/mol. The van der Waals surface area contributed by atoms with E-state index in [9.17, 15) is 10.2 Å². The molecule has 2 fully saturated rings. The van der Waals surface area contributed by atoms with Gasteiger partial charge < -0.3 is 25.6 Å². The topological polar surface area (TPSA) is 152 Å². The van der Waals surface area contributed by atoms with Crippen LogP contribution in [0.15, 0.2) is 194 Å². The van der Waals surface area contributed by atoms with Crippen LogP contribution in [0.5, 0.6) is 5.75 Å². The van der Waals surface area contributed by atoms with Crippen LogP contribution in [0.2, 0.25) is 0 Å². The monoisotopic (exact) mass is 969 g/mol. The average molecular weight is 970 g/mol. The number of nitrogens with zero attached hydrogens (tertiary/aromatic N) is 3. The Morgan fingerprint density at radius 1 is 0.726 bits per heavy atom. The summed E-state index contributed by atoms with van der Waals surface area (Å²) in [6.07, 6.45) is -2.09. The van der Waals surface area contributed by atoms with E-state index < -0.39 is 71.5 Å². The van der Waals surface area contributed by atoms with Crippen LogP contribution in [-0.4, -0.2) is 70.0 Å². The summed E-state index contributed by atoms with van der Waals surface area (Å²) in [5.74, 6) is 2.77. The number of imide groups is 1. The number of carbonyl (C=O) groups is 4. The zero-order valence-electron chi connectivity index (χ0n) is 40.4. The van der Waals surface area contributed by atoms with Crippen molar-refractivity contribution in [3.8, 4) is 17.6 Å². The number of amides is 4. The van der Waals surface area contributed by atoms with Crippen molar-refractivity contribution in [3.05, 3.63) is 239 Å². The van der Waals surface area contributed by atoms with Gasteiger partial charge in [-0.1, -0.05) is 176 Å². The molecular weight excluding hydrogens is 915 g/mol. The van der Waals surface area contributed by atoms with Crippen molar-refractivity contribution < 1.29 is 34.1 Å². The summed E-state index contributed by atoms with van der Waals surface area (Å²) >= 11 is 0. The quantitative estimate of drug-likeness (QED) is 0.0696. The maximum absolute atomic E-state index is 16.7. The lowest BCUT2D eigenvalue weighted by molar-refractivity contribution is -0.178. The molecule has 0 aromatic heterocycles. The Balaban J connectivity index is 1.20. The molecule has 3 heterocycles. The lowest BCUT2D eigenvalue weighted by atomic mass is 9.65. The highest BCUT2D eigenvalue weighted by atomic mass is 16.6. The van der Waals surface area contributed by atoms with Gasteiger partial charge in [0.2, 0.25) is 11.8 Å². The van der Waals surface area contributed by atoms with Crippen molar-refractivity contribution in [1.82, 2.24) is 20.4 Å². The second kappa shape index (κ2) is 20.8. The van der Waals surface area contributed by atoms with E-state index >= 15 is 19.2 Å². The lowest BCUT2D eigenvalue weighted by Crippen LogP contribution is -2.56. The number of phenolic OH excluding ortho intramolecular Hbond substituents is 1. The van der Waals surface area contributed by atoms with E-state index in [4.69, 9.17) is 4.74 Å². The first-order chi connectivity index (χ1) is 35.5. The molecule has 7 aromatic carbocycles. The first-order valence-corrected chi connectivity index (χ1v) is 24.5. The van der Waals surface area contributed by atoms with Gasteiger partial charge in [-0.25, -0.2) is 9.69 Å². The highest BCUT2D eigenvalue weighted by Gasteiger charge is 2.75. The van der Waals surface area contributed by atoms with E-state index in [1.165, 1.54) is 12.1 Å². The number of aliphatic hydroxyl groups is 1. The number of cyclic esters (lactones) is 1. The molecule has 0 unspecified atom stereocenters. The Hall–Kier alpha value is -8.34. The van der Waals surface area contributed by atoms with Gasteiger partial charge in [-0.3, -0.25) is 24.2 Å². The molecule has 73 heavy (non-hydrogen) atoms. The highest BCUT2D eigenvalue weighted by Crippen LogP contribution is 2.66. The SMILES string of the molecule is C[C@@H](NC(=O)N1C(=O)[C@@]2(c3cc(C#CCN(C)Cc4ccccc4)ccc31)[C@H](C(=O)NC[C@H](O)c1ccccc1)[C@H]1C(=O)O[C@H](c3ccccc3)[C@H](c3ccccc3)N1[C@@H]2c1ccc(O)cc1)c1ccccc1. The normalized spacial score (nSPS) is 21.9. The minimum atomic E-state index is -2.06. The number of benzene rings is 7. The van der Waals surface area contributed by atoms with Crippen LogP contribution in [0.4, 0.5) is 10.5 Å². The van der Waals surface area contributed by atoms with Gasteiger partial charge in [-0.15, -0.1) is 0 Å². The molecule has 7 aromatic rings. The fourth-order valence-electron chi connectivity index (χ4n) is 11.0. The van der Waals surface area contributed by atoms with Gasteiger partial charge in [0.15, 0.2) is 0 Å². The van der Waals surface area contributed by atoms with Crippen molar-refractivity contribution in [3.63, 3.8) is 0 Å². The Bertz CT molecular complexity index is 3170. The number of morpholine rings is 1. The number of anilines is 1. The van der Waals surface area contributed by atoms with Gasteiger partial charge in [0.25, 0.3) is 0 Å². The molecule has 0 aliphatic carbocycles. The molecule has 0 saturated carbocycles. The molecule has 3 aliphatic rings. The fourth-order valence-corrected chi connectivity index (χ4v) is 11.0. The molecule has 1 spiro atoms. The summed E-state index contributed by atoms with van der Waals surface area (Å²) in [5, 5.41) is 28.4. The number of esters is 1. The van der Waals surface area contributed by atoms with Gasteiger partial charge in [-0.2, -0.15) is 0 Å². The Morgan fingerprint density at radius 3 is 1.96 bits per heavy atom. The minimum absolute atomic E-state index is 0.0415. The minimum Gasteiger partial charge on any atom is -0.508 e. The third-order valence-corrected chi connectivity index (χ3v) is 14.3. The molecular formula is C61H55N5O7. The molecule has 4 amide bonds. The first kappa shape index (κ1) is 48.3. The molecule has 12 heteroatoms. The fraction of sp³-hybridized carbons (Fsp3) is 0.213. The number of hydrogen-bond acceptors (Lipinski definition) is 9. The second-order valence-corrected chi connectivity index (χ2v) is 18.9. The van der Waals surface area contributed by atoms with Crippen molar-refractivity contribution in [2.75, 3.05) is 25.0 Å². The van der Waals surface area contributed by atoms with Gasteiger partial charge in [0.1, 0.15) is 23.3 Å². The number of aromatic hydroxyl groups is 1. The van der Waals surface area contributed by atoms with Gasteiger partial charge in [-0.05, 0) is 83.2 Å². The molecule has 3 aliphatic heterocycles. The van der Waals surface area contributed by atoms with Crippen LogP contribution in [0, 0.1) is 17.8 Å². The molecule has 10 rings (SSSR count). The summed E-state index contributed by atoms with van der Waals surface area (Å²) in [6, 6.07) is 54.1. The molecule has 4 N–H and O–H groups in total. The largest absolute Gasteiger partial charge is 0.508 e. The van der Waals surface area contributed by atoms with Gasteiger partial charge in [0, 0.05) is 18.7 Å². The van der Waals surface area contributed by atoms with E-state index in [0.717, 1.165) is 21.6 Å². The molecule has 0 bridgehead atoms. The van der Waals surface area contributed by atoms with E-state index in [0.29, 0.717) is 40.9 Å². The molecule has 366 valence electrons. The standard InChI is InChI=1S/C61H55N5O7/c1-40(43-22-10-4-11-23-43)63-60(72)65-50-35-30-41(21-18-36-64(2)39-42-19-8-3-9-20-42)37-49(50)61(59(65)71)52(57(69)62-38-51(68)44-24-12-5-13-25-44)54-58(70)73-55(46-28-16-7-17-29-46)53(45-26-14-6-15-27-45)66(54)56(61)47-31-33-48(67)34-32-47/h3-17,19-20,22-35,37,40,51-56,67-68H,36,38-39H2,1-2H3,(H,62,69)(H,63,72)/t40-,51+,52+,53+,54+,55-,56-,61+/m1/s1. The summed E-state index contributed by atoms with van der Waals surface area (Å²) in [4.78, 5) is 68.2. The Morgan fingerprint density at radius 2 is 1.32 bits per heavy atom. The summed E-state index contributed by atoms with van der Waals surface area (Å²) in [6.45, 7) is 2.62. The highest BCUT2D eigenvalue weighted by molar-refractivity contribution is 6.24. The maximum atomic E-state index is 16.7. The number of hydrogen-bond donors (Lipinski definition) is 4. The van der Waals surface area contributed by atoms with Crippen LogP contribution in [0.3, 0.4) is 0 Å². The van der Waals surface area contributed by atoms with E-state index in [1.54, 1.807) is 54.6 Å². The van der Waals surface area contributed by atoms with E-state index in [2.05, 4.69) is 39.5 Å². The summed E-state index contributed by atoms with van der Waals surface area (Å²) < 4.78 is 6.59. The first-order valence-electron chi connectivity index (χ1n) is 24.5. The molecule has 2 saturated heterocycles. The van der Waals surface area contributed by atoms with E-state index in [-0.39, 0.29) is 18.0 Å². The number of nitrogens with one attached hydrogen (secondary N) is 2. The second-order valence-electron chi connectivity index (χ2n) is 18.9. The number of fused-ring (bicyclic) bond motifs is 3. The summed E-state index contributed by atoms with van der Waals surface area (Å²) in [5.41, 5.74) is 3.36. The van der Waals surface area contributed by atoms with Crippen molar-refractivity contribution >= 4 is 29.5 Å². The van der Waals surface area contributed by atoms with Crippen LogP contribution < -0.4 is 15.5 Å². The van der Waals surface area contributed by atoms with Gasteiger partial charge >= 0.3 is 12.0 Å². The van der Waals surface area contributed by atoms with Crippen LogP contribution in [0.1, 0.15) is 81.8 Å². The number of ether oxygens (including phenoxy) is 1. The Kier molecular flexibility index (Phi) is 13.8. The van der Waals surface area contributed by atoms with Crippen LogP contribution >= 0.6 is 0 Å². The number of aliphatic hydroxyl groups excluding tert-OH is 1. The smallest absolute Gasteiger partial charge is 0.329 e. The number of rotatable bonds is 12. The third-order valence-electron chi connectivity index (χ3n) is 14.3. The van der Waals surface area contributed by atoms with Crippen LogP contribution in [-0.2, 0) is 31.1 Å². The zero-order chi connectivity index (χ0) is 50.6. The van der Waals surface area contributed by atoms with Gasteiger partial charge in [0.05, 0.1) is 42.4 Å². The lowest BCUT2D eigenvalue weighted by Gasteiger charge is -2.46. The molecule has 8 atom stereocenters. The summed E-state index contributed by atoms with van der Waals surface area (Å²) in [7, 11) is 1.98. The third kappa shape index (κ3) is 9.26. The molecule has 0 radical (unpaired) electrons. The maximum Gasteiger partial charge on any atom is 0.329 e. The average Bonchev–Trinajstić information content (AvgIpc) is 3.88. The number of phenols is 1. The van der Waals surface area contributed by atoms with Crippen molar-refractivity contribution in [1.29, 1.82) is 0 Å². The van der Waals surface area contributed by atoms with Crippen molar-refractivity contribution in [2.24, 2.45) is 5.92 Å².